The Morgan fingerprint density at radius 2 is 1.83 bits per heavy atom. The number of halogens is 1. The molecule has 5 rings (SSSR count). The summed E-state index contributed by atoms with van der Waals surface area (Å²) in [5.41, 5.74) is -0.701. The third kappa shape index (κ3) is 3.70. The molecule has 2 aromatic carbocycles. The number of amides is 3. The number of ether oxygens (including phenoxy) is 1. The number of carbonyl (C=O) groups is 3. The van der Waals surface area contributed by atoms with E-state index in [1.54, 1.807) is 24.3 Å². The molecule has 3 heterocycles. The van der Waals surface area contributed by atoms with Crippen molar-refractivity contribution in [2.24, 2.45) is 11.8 Å². The molecule has 2 bridgehead atoms. The number of aliphatic hydroxyl groups is 1. The van der Waals surface area contributed by atoms with Crippen molar-refractivity contribution in [1.29, 1.82) is 0 Å². The molecule has 3 aliphatic heterocycles. The smallest absolute Gasteiger partial charge is 0.250 e. The van der Waals surface area contributed by atoms with E-state index in [-0.39, 0.29) is 18.4 Å². The van der Waals surface area contributed by atoms with E-state index in [0.29, 0.717) is 30.0 Å². The van der Waals surface area contributed by atoms with Crippen molar-refractivity contribution in [2.45, 2.75) is 49.5 Å². The van der Waals surface area contributed by atoms with Crippen LogP contribution in [0.3, 0.4) is 0 Å². The molecule has 2 unspecified atom stereocenters. The number of aliphatic hydroxyl groups excluding tert-OH is 1. The Hall–Kier alpha value is -2.94. The fraction of sp³-hybridized carbons (Fsp3) is 0.444. The third-order valence-corrected chi connectivity index (χ3v) is 8.37. The van der Waals surface area contributed by atoms with E-state index in [0.717, 1.165) is 5.56 Å². The minimum absolute atomic E-state index is 0.284. The lowest BCUT2D eigenvalue weighted by Crippen LogP contribution is -2.57. The number of nitrogens with zero attached hydrogens (tertiary/aromatic N) is 1. The monoisotopic (exact) mass is 511 g/mol. The summed E-state index contributed by atoms with van der Waals surface area (Å²) in [6, 6.07) is 14.6. The second-order valence-electron chi connectivity index (χ2n) is 10.1. The molecule has 3 saturated heterocycles. The van der Waals surface area contributed by atoms with Crippen LogP contribution in [0.4, 0.5) is 5.69 Å². The van der Waals surface area contributed by atoms with Gasteiger partial charge in [-0.3, -0.25) is 14.4 Å². The van der Waals surface area contributed by atoms with Gasteiger partial charge in [-0.25, -0.2) is 0 Å². The Bertz CT molecular complexity index is 1190. The molecule has 3 fully saturated rings. The van der Waals surface area contributed by atoms with Crippen LogP contribution in [0.25, 0.3) is 0 Å². The summed E-state index contributed by atoms with van der Waals surface area (Å²) in [4.78, 5) is 42.5. The Labute approximate surface area is 215 Å². The summed E-state index contributed by atoms with van der Waals surface area (Å²) in [6.45, 7) is 1.50. The summed E-state index contributed by atoms with van der Waals surface area (Å²) >= 11 is 6.31. The molecule has 1 spiro atoms. The zero-order valence-corrected chi connectivity index (χ0v) is 21.0. The van der Waals surface area contributed by atoms with Crippen LogP contribution in [0.2, 0.25) is 5.02 Å². The van der Waals surface area contributed by atoms with Gasteiger partial charge in [-0.2, -0.15) is 0 Å². The minimum atomic E-state index is -1.18. The lowest BCUT2D eigenvalue weighted by Gasteiger charge is -2.37. The molecule has 8 nitrogen and oxygen atoms in total. The van der Waals surface area contributed by atoms with Crippen molar-refractivity contribution in [3.05, 3.63) is 65.2 Å². The molecule has 190 valence electrons. The van der Waals surface area contributed by atoms with E-state index in [2.05, 4.69) is 10.6 Å². The van der Waals surface area contributed by atoms with Crippen molar-refractivity contribution in [3.8, 4) is 0 Å². The first-order chi connectivity index (χ1) is 17.3. The largest absolute Gasteiger partial charge is 0.394 e. The molecule has 3 N–H and O–H groups in total. The van der Waals surface area contributed by atoms with Crippen LogP contribution in [0.15, 0.2) is 54.6 Å². The van der Waals surface area contributed by atoms with Crippen LogP contribution in [0.5, 0.6) is 0 Å². The van der Waals surface area contributed by atoms with Gasteiger partial charge in [-0.15, -0.1) is 0 Å². The van der Waals surface area contributed by atoms with Gasteiger partial charge in [-0.05, 0) is 43.9 Å². The Balaban J connectivity index is 1.58. The number of hydrogen-bond donors (Lipinski definition) is 3. The third-order valence-electron chi connectivity index (χ3n) is 8.04. The van der Waals surface area contributed by atoms with Crippen molar-refractivity contribution in [3.63, 3.8) is 0 Å². The first-order valence-electron chi connectivity index (χ1n) is 12.2. The Morgan fingerprint density at radius 1 is 1.14 bits per heavy atom. The summed E-state index contributed by atoms with van der Waals surface area (Å²) in [6.07, 6.45) is 1.35. The van der Waals surface area contributed by atoms with Crippen LogP contribution >= 0.6 is 11.6 Å². The molecule has 3 aliphatic rings. The van der Waals surface area contributed by atoms with E-state index in [1.807, 2.05) is 37.3 Å². The summed E-state index contributed by atoms with van der Waals surface area (Å²) < 4.78 is 6.56. The van der Waals surface area contributed by atoms with E-state index < -0.39 is 41.0 Å². The molecule has 0 aromatic heterocycles. The van der Waals surface area contributed by atoms with Crippen molar-refractivity contribution in [1.82, 2.24) is 10.2 Å². The second kappa shape index (κ2) is 9.18. The number of fused-ring (bicyclic) bond motifs is 1. The fourth-order valence-electron chi connectivity index (χ4n) is 6.51. The maximum absolute atomic E-state index is 14.1. The van der Waals surface area contributed by atoms with Gasteiger partial charge in [0, 0.05) is 7.05 Å². The van der Waals surface area contributed by atoms with E-state index in [9.17, 15) is 19.5 Å². The zero-order chi connectivity index (χ0) is 25.7. The van der Waals surface area contributed by atoms with Crippen LogP contribution in [-0.4, -0.2) is 64.7 Å². The van der Waals surface area contributed by atoms with Gasteiger partial charge in [0.05, 0.1) is 40.8 Å². The second-order valence-corrected chi connectivity index (χ2v) is 10.5. The maximum Gasteiger partial charge on any atom is 0.250 e. The average Bonchev–Trinajstić information content (AvgIpc) is 3.45. The molecule has 6 atom stereocenters. The number of para-hydroxylation sites is 1. The number of carbonyl (C=O) groups excluding carboxylic acids is 3. The standard InChI is InChI=1S/C27H30ClN3O5/c1-26-12-13-27(36-26)21(20(26)23(33)29-2)25(35)31(17(15-32)14-16-8-4-3-5-9-16)22(27)24(34)30-19-11-7-6-10-18(19)28/h3-11,17,20-22,32H,12-15H2,1-2H3,(H,29,33)(H,30,34)/t17-,20+,21+,22?,26-,27?/m1/s1. The maximum atomic E-state index is 14.1. The van der Waals surface area contributed by atoms with Gasteiger partial charge >= 0.3 is 0 Å². The van der Waals surface area contributed by atoms with Crippen LogP contribution < -0.4 is 10.6 Å². The van der Waals surface area contributed by atoms with Gasteiger partial charge < -0.3 is 25.4 Å². The molecular formula is C27H30ClN3O5. The number of benzene rings is 2. The predicted molar refractivity (Wildman–Crippen MR) is 134 cm³/mol. The number of anilines is 1. The van der Waals surface area contributed by atoms with E-state index in [1.165, 1.54) is 11.9 Å². The predicted octanol–water partition coefficient (Wildman–Crippen LogP) is 2.39. The first kappa shape index (κ1) is 24.7. The highest BCUT2D eigenvalue weighted by molar-refractivity contribution is 6.33. The van der Waals surface area contributed by atoms with Crippen LogP contribution in [0, 0.1) is 11.8 Å². The van der Waals surface area contributed by atoms with Crippen LogP contribution in [-0.2, 0) is 25.5 Å². The molecular weight excluding hydrogens is 482 g/mol. The summed E-state index contributed by atoms with van der Waals surface area (Å²) in [7, 11) is 1.54. The van der Waals surface area contributed by atoms with E-state index >= 15 is 0 Å². The number of nitrogens with one attached hydrogen (secondary N) is 2. The van der Waals surface area contributed by atoms with Gasteiger partial charge in [0.1, 0.15) is 11.6 Å². The molecule has 9 heteroatoms. The van der Waals surface area contributed by atoms with Crippen LogP contribution in [0.1, 0.15) is 25.3 Å². The highest BCUT2D eigenvalue weighted by atomic mass is 35.5. The van der Waals surface area contributed by atoms with Crippen molar-refractivity contribution in [2.75, 3.05) is 19.0 Å². The van der Waals surface area contributed by atoms with Crippen molar-refractivity contribution >= 4 is 35.0 Å². The first-order valence-corrected chi connectivity index (χ1v) is 12.6. The summed E-state index contributed by atoms with van der Waals surface area (Å²) in [5.74, 6) is -2.65. The van der Waals surface area contributed by atoms with E-state index in [4.69, 9.17) is 16.3 Å². The number of rotatable bonds is 7. The molecule has 3 amide bonds. The number of likely N-dealkylation sites (tertiary alicyclic amines) is 1. The van der Waals surface area contributed by atoms with Gasteiger partial charge in [0.15, 0.2) is 0 Å². The Kier molecular flexibility index (Phi) is 6.31. The highest BCUT2D eigenvalue weighted by Crippen LogP contribution is 2.63. The minimum Gasteiger partial charge on any atom is -0.394 e. The topological polar surface area (TPSA) is 108 Å². The normalized spacial score (nSPS) is 31.3. The SMILES string of the molecule is CNC(=O)[C@@H]1[C@H]2C(=O)N([C@@H](CO)Cc3ccccc3)C(C(=O)Nc3ccccc3Cl)C23CC[C@@]1(C)O3. The average molecular weight is 512 g/mol. The lowest BCUT2D eigenvalue weighted by molar-refractivity contribution is -0.147. The van der Waals surface area contributed by atoms with Crippen molar-refractivity contribution < 1.29 is 24.2 Å². The lowest BCUT2D eigenvalue weighted by atomic mass is 9.66. The molecule has 0 saturated carbocycles. The quantitative estimate of drug-likeness (QED) is 0.529. The highest BCUT2D eigenvalue weighted by Gasteiger charge is 2.78. The van der Waals surface area contributed by atoms with Gasteiger partial charge in [-0.1, -0.05) is 54.1 Å². The molecule has 2 aromatic rings. The molecule has 0 radical (unpaired) electrons. The molecule has 0 aliphatic carbocycles. The van der Waals surface area contributed by atoms with Gasteiger partial charge in [0.25, 0.3) is 0 Å². The number of hydrogen-bond acceptors (Lipinski definition) is 5. The molecule has 36 heavy (non-hydrogen) atoms. The fourth-order valence-corrected chi connectivity index (χ4v) is 6.70. The zero-order valence-electron chi connectivity index (χ0n) is 20.2. The summed E-state index contributed by atoms with van der Waals surface area (Å²) in [5, 5.41) is 16.4. The van der Waals surface area contributed by atoms with Gasteiger partial charge in [0.2, 0.25) is 17.7 Å². The Morgan fingerprint density at radius 3 is 2.50 bits per heavy atom.